The molecule has 0 aliphatic heterocycles. The van der Waals surface area contributed by atoms with E-state index in [2.05, 4.69) is 0 Å². The Labute approximate surface area is 58.7 Å². The first-order valence-corrected chi connectivity index (χ1v) is 2.97. The zero-order valence-electron chi connectivity index (χ0n) is 5.51. The molecular weight excluding hydrogens is 138 g/mol. The van der Waals surface area contributed by atoms with Crippen molar-refractivity contribution in [3.05, 3.63) is 0 Å². The fourth-order valence-corrected chi connectivity index (χ4v) is 0.501. The van der Waals surface area contributed by atoms with Gasteiger partial charge in [0.05, 0.1) is 25.4 Å². The fourth-order valence-electron chi connectivity index (χ4n) is 0.501. The van der Waals surface area contributed by atoms with E-state index in [1.54, 1.807) is 0 Å². The van der Waals surface area contributed by atoms with Gasteiger partial charge in [-0.05, 0) is 0 Å². The zero-order valence-corrected chi connectivity index (χ0v) is 5.51. The minimum absolute atomic E-state index is 0.418. The second kappa shape index (κ2) is 4.59. The number of aliphatic hydroxyl groups is 4. The molecule has 5 heteroatoms. The van der Waals surface area contributed by atoms with Crippen molar-refractivity contribution in [1.82, 2.24) is 0 Å². The molecule has 62 valence electrons. The average Bonchev–Trinajstić information content (AvgIpc) is 2.00. The molecular formula is C5H13NO4. The van der Waals surface area contributed by atoms with Crippen LogP contribution in [-0.4, -0.2) is 51.9 Å². The Morgan fingerprint density at radius 3 is 1.90 bits per heavy atom. The summed E-state index contributed by atoms with van der Waals surface area (Å²) in [6.45, 7) is -0.979. The van der Waals surface area contributed by atoms with Gasteiger partial charge >= 0.3 is 0 Å². The summed E-state index contributed by atoms with van der Waals surface area (Å²) in [4.78, 5) is 0. The normalized spacial score (nSPS) is 20.1. The van der Waals surface area contributed by atoms with Gasteiger partial charge in [-0.25, -0.2) is 0 Å². The maximum Gasteiger partial charge on any atom is 0.104 e. The highest BCUT2D eigenvalue weighted by molar-refractivity contribution is 4.76. The van der Waals surface area contributed by atoms with Crippen molar-refractivity contribution in [1.29, 1.82) is 0 Å². The molecule has 3 atom stereocenters. The summed E-state index contributed by atoms with van der Waals surface area (Å²) in [5.41, 5.74) is 5.12. The van der Waals surface area contributed by atoms with E-state index < -0.39 is 31.5 Å². The molecule has 0 aromatic rings. The van der Waals surface area contributed by atoms with Gasteiger partial charge in [-0.3, -0.25) is 0 Å². The fraction of sp³-hybridized carbons (Fsp3) is 1.00. The average molecular weight is 151 g/mol. The first kappa shape index (κ1) is 9.80. The first-order chi connectivity index (χ1) is 4.63. The van der Waals surface area contributed by atoms with Crippen molar-refractivity contribution >= 4 is 0 Å². The van der Waals surface area contributed by atoms with Crippen LogP contribution in [0.1, 0.15) is 0 Å². The van der Waals surface area contributed by atoms with Crippen molar-refractivity contribution < 1.29 is 20.4 Å². The predicted octanol–water partition coefficient (Wildman–Crippen LogP) is -2.98. The summed E-state index contributed by atoms with van der Waals surface area (Å²) in [6.07, 6.45) is -2.54. The molecule has 0 radical (unpaired) electrons. The second-order valence-corrected chi connectivity index (χ2v) is 2.09. The van der Waals surface area contributed by atoms with Crippen LogP contribution < -0.4 is 5.73 Å². The monoisotopic (exact) mass is 151 g/mol. The minimum Gasteiger partial charge on any atom is -0.395 e. The highest BCUT2D eigenvalue weighted by Gasteiger charge is 2.21. The third-order valence-corrected chi connectivity index (χ3v) is 1.23. The van der Waals surface area contributed by atoms with Crippen LogP contribution in [0.4, 0.5) is 0 Å². The molecule has 0 aromatic carbocycles. The molecule has 0 saturated heterocycles. The lowest BCUT2D eigenvalue weighted by Gasteiger charge is -2.20. The van der Waals surface area contributed by atoms with Gasteiger partial charge in [0.15, 0.2) is 0 Å². The van der Waals surface area contributed by atoms with Crippen LogP contribution in [0.2, 0.25) is 0 Å². The minimum atomic E-state index is -1.28. The van der Waals surface area contributed by atoms with Crippen LogP contribution in [0.5, 0.6) is 0 Å². The number of hydrogen-bond donors (Lipinski definition) is 5. The number of rotatable bonds is 4. The van der Waals surface area contributed by atoms with Gasteiger partial charge in [-0.15, -0.1) is 0 Å². The maximum atomic E-state index is 8.89. The van der Waals surface area contributed by atoms with Crippen molar-refractivity contribution in [2.45, 2.75) is 18.2 Å². The molecule has 10 heavy (non-hydrogen) atoms. The van der Waals surface area contributed by atoms with E-state index in [0.717, 1.165) is 0 Å². The molecule has 6 N–H and O–H groups in total. The Kier molecular flexibility index (Phi) is 4.50. The molecule has 0 unspecified atom stereocenters. The lowest BCUT2D eigenvalue weighted by Crippen LogP contribution is -2.46. The highest BCUT2D eigenvalue weighted by Crippen LogP contribution is 1.95. The third-order valence-electron chi connectivity index (χ3n) is 1.23. The van der Waals surface area contributed by atoms with Gasteiger partial charge < -0.3 is 26.2 Å². The Bertz CT molecular complexity index is 79.7. The van der Waals surface area contributed by atoms with E-state index in [1.807, 2.05) is 0 Å². The quantitative estimate of drug-likeness (QED) is 0.295. The zero-order chi connectivity index (χ0) is 8.15. The van der Waals surface area contributed by atoms with Gasteiger partial charge in [0.1, 0.15) is 6.10 Å². The van der Waals surface area contributed by atoms with E-state index in [9.17, 15) is 0 Å². The van der Waals surface area contributed by atoms with Gasteiger partial charge in [0.2, 0.25) is 0 Å². The van der Waals surface area contributed by atoms with Crippen LogP contribution in [0.15, 0.2) is 0 Å². The lowest BCUT2D eigenvalue weighted by molar-refractivity contribution is -0.0336. The second-order valence-electron chi connectivity index (χ2n) is 2.09. The van der Waals surface area contributed by atoms with Gasteiger partial charge in [0, 0.05) is 0 Å². The molecule has 0 heterocycles. The summed E-state index contributed by atoms with van der Waals surface area (Å²) in [5, 5.41) is 34.3. The Morgan fingerprint density at radius 1 is 1.10 bits per heavy atom. The molecule has 0 saturated carbocycles. The van der Waals surface area contributed by atoms with Gasteiger partial charge in [-0.2, -0.15) is 0 Å². The number of aliphatic hydroxyl groups excluding tert-OH is 4. The molecule has 0 aromatic heterocycles. The molecule has 0 amide bonds. The predicted molar refractivity (Wildman–Crippen MR) is 34.2 cm³/mol. The molecule has 0 fully saturated rings. The van der Waals surface area contributed by atoms with Crippen LogP contribution in [0.3, 0.4) is 0 Å². The molecule has 0 rings (SSSR count). The standard InChI is InChI=1S/C5H13NO4/c6-3(1-7)5(10)4(9)2-8/h3-5,7-10H,1-2,6H2/t3-,4-,5-/m1/s1. The van der Waals surface area contributed by atoms with Crippen LogP contribution >= 0.6 is 0 Å². The summed E-state index contributed by atoms with van der Waals surface area (Å²) in [6, 6.07) is -0.901. The Morgan fingerprint density at radius 2 is 1.60 bits per heavy atom. The van der Waals surface area contributed by atoms with E-state index in [1.165, 1.54) is 0 Å². The van der Waals surface area contributed by atoms with Crippen molar-refractivity contribution in [2.75, 3.05) is 13.2 Å². The summed E-state index contributed by atoms with van der Waals surface area (Å²) in [7, 11) is 0. The van der Waals surface area contributed by atoms with E-state index >= 15 is 0 Å². The van der Waals surface area contributed by atoms with E-state index in [0.29, 0.717) is 0 Å². The Hall–Kier alpha value is -0.200. The summed E-state index contributed by atoms with van der Waals surface area (Å²) < 4.78 is 0. The molecule has 0 aliphatic carbocycles. The van der Waals surface area contributed by atoms with Crippen LogP contribution in [0.25, 0.3) is 0 Å². The SMILES string of the molecule is N[C@H](CO)[C@@H](O)[C@H](O)CO. The van der Waals surface area contributed by atoms with E-state index in [-0.39, 0.29) is 0 Å². The topological polar surface area (TPSA) is 107 Å². The van der Waals surface area contributed by atoms with Gasteiger partial charge in [-0.1, -0.05) is 0 Å². The van der Waals surface area contributed by atoms with Gasteiger partial charge in [0.25, 0.3) is 0 Å². The van der Waals surface area contributed by atoms with Crippen molar-refractivity contribution in [3.8, 4) is 0 Å². The largest absolute Gasteiger partial charge is 0.395 e. The molecule has 0 bridgehead atoms. The molecule has 0 spiro atoms. The maximum absolute atomic E-state index is 8.89. The first-order valence-electron chi connectivity index (χ1n) is 2.97. The van der Waals surface area contributed by atoms with Crippen molar-refractivity contribution in [2.24, 2.45) is 5.73 Å². The molecule has 0 aliphatic rings. The highest BCUT2D eigenvalue weighted by atomic mass is 16.4. The van der Waals surface area contributed by atoms with Crippen LogP contribution in [0, 0.1) is 0 Å². The molecule has 5 nitrogen and oxygen atoms in total. The smallest absolute Gasteiger partial charge is 0.104 e. The summed E-state index contributed by atoms with van der Waals surface area (Å²) >= 11 is 0. The van der Waals surface area contributed by atoms with Crippen molar-refractivity contribution in [3.63, 3.8) is 0 Å². The van der Waals surface area contributed by atoms with Crippen LogP contribution in [-0.2, 0) is 0 Å². The third kappa shape index (κ3) is 2.59. The number of nitrogens with two attached hydrogens (primary N) is 1. The summed E-state index contributed by atoms with van der Waals surface area (Å²) in [5.74, 6) is 0. The number of hydrogen-bond acceptors (Lipinski definition) is 5. The van der Waals surface area contributed by atoms with E-state index in [4.69, 9.17) is 26.2 Å². The Balaban J connectivity index is 3.69. The lowest BCUT2D eigenvalue weighted by atomic mass is 10.1.